The van der Waals surface area contributed by atoms with Crippen molar-refractivity contribution in [1.29, 1.82) is 0 Å². The number of benzene rings is 1. The fraction of sp³-hybridized carbons (Fsp3) is 0.375. The topological polar surface area (TPSA) is 39.2 Å². The number of hydrogen-bond acceptors (Lipinski definition) is 4. The first-order valence-electron chi connectivity index (χ1n) is 7.03. The number of halogens is 1. The van der Waals surface area contributed by atoms with Crippen LogP contribution >= 0.6 is 11.3 Å². The Morgan fingerprint density at radius 3 is 3.00 bits per heavy atom. The zero-order valence-electron chi connectivity index (χ0n) is 11.7. The lowest BCUT2D eigenvalue weighted by atomic mass is 10.1. The molecule has 1 aromatic carbocycles. The molecular formula is C16H16FNO2S. The monoisotopic (exact) mass is 305 g/mol. The lowest BCUT2D eigenvalue weighted by molar-refractivity contribution is -0.146. The van der Waals surface area contributed by atoms with Crippen molar-refractivity contribution in [2.24, 2.45) is 5.92 Å². The second kappa shape index (κ2) is 5.93. The Morgan fingerprint density at radius 2 is 2.29 bits per heavy atom. The van der Waals surface area contributed by atoms with Gasteiger partial charge in [0.15, 0.2) is 0 Å². The zero-order valence-corrected chi connectivity index (χ0v) is 12.5. The van der Waals surface area contributed by atoms with Gasteiger partial charge in [-0.05, 0) is 24.5 Å². The van der Waals surface area contributed by atoms with Crippen LogP contribution in [-0.4, -0.2) is 11.0 Å². The van der Waals surface area contributed by atoms with Gasteiger partial charge in [-0.2, -0.15) is 0 Å². The minimum absolute atomic E-state index is 0.0414. The van der Waals surface area contributed by atoms with Gasteiger partial charge >= 0.3 is 5.97 Å². The zero-order chi connectivity index (χ0) is 14.8. The number of hydrogen-bond donors (Lipinski definition) is 0. The van der Waals surface area contributed by atoms with Crippen LogP contribution in [0.5, 0.6) is 0 Å². The largest absolute Gasteiger partial charge is 0.459 e. The average molecular weight is 305 g/mol. The molecule has 2 unspecified atom stereocenters. The van der Waals surface area contributed by atoms with E-state index in [1.54, 1.807) is 29.5 Å². The summed E-state index contributed by atoms with van der Waals surface area (Å²) in [5, 5.41) is 2.95. The number of thiazole rings is 1. The van der Waals surface area contributed by atoms with Crippen molar-refractivity contribution in [3.63, 3.8) is 0 Å². The molecule has 0 saturated heterocycles. The SMILES string of the molecule is CCc1nc(COC(=O)C2CC2c2ccccc2F)cs1. The second-order valence-electron chi connectivity index (χ2n) is 5.16. The molecule has 2 aromatic rings. The molecule has 0 N–H and O–H groups in total. The molecule has 0 spiro atoms. The van der Waals surface area contributed by atoms with Crippen LogP contribution in [0, 0.1) is 11.7 Å². The minimum atomic E-state index is -0.255. The Kier molecular flexibility index (Phi) is 4.01. The Bertz CT molecular complexity index is 655. The number of carbonyl (C=O) groups is 1. The number of rotatable bonds is 5. The first-order valence-corrected chi connectivity index (χ1v) is 7.91. The summed E-state index contributed by atoms with van der Waals surface area (Å²) in [7, 11) is 0. The van der Waals surface area contributed by atoms with Gasteiger partial charge < -0.3 is 4.74 Å². The van der Waals surface area contributed by atoms with Crippen LogP contribution in [0.1, 0.15) is 35.5 Å². The quantitative estimate of drug-likeness (QED) is 0.791. The van der Waals surface area contributed by atoms with Crippen LogP contribution in [0.3, 0.4) is 0 Å². The maximum Gasteiger partial charge on any atom is 0.309 e. The molecular weight excluding hydrogens is 289 g/mol. The van der Waals surface area contributed by atoms with Crippen LogP contribution in [0.15, 0.2) is 29.6 Å². The first kappa shape index (κ1) is 14.2. The standard InChI is InChI=1S/C16H16FNO2S/c1-2-15-18-10(9-21-15)8-20-16(19)13-7-12(13)11-5-3-4-6-14(11)17/h3-6,9,12-13H,2,7-8H2,1H3. The summed E-state index contributed by atoms with van der Waals surface area (Å²) >= 11 is 1.57. The van der Waals surface area contributed by atoms with Crippen molar-refractivity contribution in [2.45, 2.75) is 32.3 Å². The fourth-order valence-electron chi connectivity index (χ4n) is 2.40. The Labute approximate surface area is 126 Å². The van der Waals surface area contributed by atoms with Crippen molar-refractivity contribution < 1.29 is 13.9 Å². The molecule has 3 rings (SSSR count). The summed E-state index contributed by atoms with van der Waals surface area (Å²) in [6.45, 7) is 2.24. The van der Waals surface area contributed by atoms with E-state index in [0.717, 1.165) is 17.1 Å². The van der Waals surface area contributed by atoms with Gasteiger partial charge in [0.05, 0.1) is 16.6 Å². The van der Waals surface area contributed by atoms with Gasteiger partial charge in [-0.3, -0.25) is 4.79 Å². The normalized spacial score (nSPS) is 20.3. The number of ether oxygens (including phenoxy) is 1. The van der Waals surface area contributed by atoms with Crippen LogP contribution < -0.4 is 0 Å². The molecule has 1 fully saturated rings. The predicted molar refractivity (Wildman–Crippen MR) is 78.5 cm³/mol. The molecule has 1 heterocycles. The molecule has 0 bridgehead atoms. The van der Waals surface area contributed by atoms with Crippen molar-refractivity contribution in [3.05, 3.63) is 51.7 Å². The highest BCUT2D eigenvalue weighted by molar-refractivity contribution is 7.09. The van der Waals surface area contributed by atoms with E-state index in [4.69, 9.17) is 4.74 Å². The van der Waals surface area contributed by atoms with Crippen LogP contribution in [0.25, 0.3) is 0 Å². The molecule has 0 amide bonds. The molecule has 3 nitrogen and oxygen atoms in total. The van der Waals surface area contributed by atoms with E-state index in [9.17, 15) is 9.18 Å². The summed E-state index contributed by atoms with van der Waals surface area (Å²) in [5.74, 6) is -0.759. The number of esters is 1. The third-order valence-corrected chi connectivity index (χ3v) is 4.70. The van der Waals surface area contributed by atoms with Crippen molar-refractivity contribution in [1.82, 2.24) is 4.98 Å². The molecule has 21 heavy (non-hydrogen) atoms. The number of carbonyl (C=O) groups excluding carboxylic acids is 1. The predicted octanol–water partition coefficient (Wildman–Crippen LogP) is 3.69. The molecule has 0 aliphatic heterocycles. The highest BCUT2D eigenvalue weighted by atomic mass is 32.1. The average Bonchev–Trinajstić information content (AvgIpc) is 3.15. The van der Waals surface area contributed by atoms with Gasteiger partial charge in [0.1, 0.15) is 12.4 Å². The van der Waals surface area contributed by atoms with E-state index in [0.29, 0.717) is 12.0 Å². The van der Waals surface area contributed by atoms with Crippen molar-refractivity contribution in [3.8, 4) is 0 Å². The lowest BCUT2D eigenvalue weighted by Crippen LogP contribution is -2.08. The van der Waals surface area contributed by atoms with Gasteiger partial charge in [-0.1, -0.05) is 25.1 Å². The summed E-state index contributed by atoms with van der Waals surface area (Å²) in [4.78, 5) is 16.3. The highest BCUT2D eigenvalue weighted by Gasteiger charge is 2.46. The molecule has 110 valence electrons. The smallest absolute Gasteiger partial charge is 0.309 e. The molecule has 0 radical (unpaired) electrons. The molecule has 2 atom stereocenters. The Morgan fingerprint density at radius 1 is 1.48 bits per heavy atom. The van der Waals surface area contributed by atoms with E-state index < -0.39 is 0 Å². The van der Waals surface area contributed by atoms with E-state index in [1.807, 2.05) is 12.3 Å². The fourth-order valence-corrected chi connectivity index (χ4v) is 3.13. The van der Waals surface area contributed by atoms with Crippen LogP contribution in [-0.2, 0) is 22.6 Å². The van der Waals surface area contributed by atoms with Gasteiger partial charge in [0.25, 0.3) is 0 Å². The maximum absolute atomic E-state index is 13.6. The second-order valence-corrected chi connectivity index (χ2v) is 6.11. The molecule has 1 aromatic heterocycles. The van der Waals surface area contributed by atoms with E-state index in [2.05, 4.69) is 4.98 Å². The van der Waals surface area contributed by atoms with E-state index in [-0.39, 0.29) is 30.2 Å². The molecule has 1 aliphatic carbocycles. The number of aryl methyl sites for hydroxylation is 1. The van der Waals surface area contributed by atoms with Gasteiger partial charge in [-0.25, -0.2) is 9.37 Å². The number of aromatic nitrogens is 1. The van der Waals surface area contributed by atoms with Crippen molar-refractivity contribution in [2.75, 3.05) is 0 Å². The third-order valence-electron chi connectivity index (χ3n) is 3.66. The maximum atomic E-state index is 13.6. The van der Waals surface area contributed by atoms with Crippen LogP contribution in [0.4, 0.5) is 4.39 Å². The third kappa shape index (κ3) is 3.13. The van der Waals surface area contributed by atoms with Gasteiger partial charge in [-0.15, -0.1) is 11.3 Å². The Balaban J connectivity index is 1.55. The Hall–Kier alpha value is -1.75. The first-order chi connectivity index (χ1) is 10.2. The van der Waals surface area contributed by atoms with Crippen molar-refractivity contribution >= 4 is 17.3 Å². The summed E-state index contributed by atoms with van der Waals surface area (Å²) in [6.07, 6.45) is 1.55. The van der Waals surface area contributed by atoms with E-state index in [1.165, 1.54) is 6.07 Å². The number of nitrogens with zero attached hydrogens (tertiary/aromatic N) is 1. The lowest BCUT2D eigenvalue weighted by Gasteiger charge is -2.03. The summed E-state index contributed by atoms with van der Waals surface area (Å²) in [5.41, 5.74) is 1.40. The van der Waals surface area contributed by atoms with Gasteiger partial charge in [0.2, 0.25) is 0 Å². The molecule has 5 heteroatoms. The highest BCUT2D eigenvalue weighted by Crippen LogP contribution is 2.48. The molecule has 1 saturated carbocycles. The molecule has 1 aliphatic rings. The van der Waals surface area contributed by atoms with E-state index >= 15 is 0 Å². The van der Waals surface area contributed by atoms with Crippen LogP contribution in [0.2, 0.25) is 0 Å². The summed E-state index contributed by atoms with van der Waals surface area (Å²) in [6, 6.07) is 6.61. The summed E-state index contributed by atoms with van der Waals surface area (Å²) < 4.78 is 18.9. The van der Waals surface area contributed by atoms with Gasteiger partial charge in [0, 0.05) is 11.3 Å². The minimum Gasteiger partial charge on any atom is -0.459 e.